The molecule has 5 nitrogen and oxygen atoms in total. The van der Waals surface area contributed by atoms with Crippen molar-refractivity contribution in [1.29, 1.82) is 0 Å². The molecular weight excluding hydrogens is 424 g/mol. The molecule has 27 heavy (non-hydrogen) atoms. The summed E-state index contributed by atoms with van der Waals surface area (Å²) >= 11 is 4.80. The molecule has 0 aliphatic heterocycles. The summed E-state index contributed by atoms with van der Waals surface area (Å²) in [6, 6.07) is 14.1. The summed E-state index contributed by atoms with van der Waals surface area (Å²) in [6.07, 6.45) is 1.68. The number of aryl methyl sites for hydroxylation is 2. The Morgan fingerprint density at radius 1 is 1.22 bits per heavy atom. The average Bonchev–Trinajstić information content (AvgIpc) is 3.09. The quantitative estimate of drug-likeness (QED) is 0.563. The maximum Gasteiger partial charge on any atom is 0.230 e. The standard InChI is InChI=1S/C20H21BrN4OS/c1-13-4-9-18(14(2)10-13)25-12-22-24-20(25)27-11-19(26)23-15(3)16-5-7-17(21)8-6-16/h4-10,12,15H,11H2,1-3H3,(H,23,26). The van der Waals surface area contributed by atoms with Crippen LogP contribution in [0.5, 0.6) is 0 Å². The van der Waals surface area contributed by atoms with Crippen molar-refractivity contribution in [3.05, 3.63) is 70.0 Å². The highest BCUT2D eigenvalue weighted by Gasteiger charge is 2.14. The fraction of sp³-hybridized carbons (Fsp3) is 0.250. The van der Waals surface area contributed by atoms with Gasteiger partial charge < -0.3 is 5.32 Å². The molecule has 0 spiro atoms. The van der Waals surface area contributed by atoms with Gasteiger partial charge in [-0.1, -0.05) is 57.5 Å². The molecule has 1 unspecified atom stereocenters. The van der Waals surface area contributed by atoms with Crippen molar-refractivity contribution in [2.24, 2.45) is 0 Å². The second-order valence-corrected chi connectivity index (χ2v) is 8.26. The predicted molar refractivity (Wildman–Crippen MR) is 112 cm³/mol. The number of carbonyl (C=O) groups excluding carboxylic acids is 1. The zero-order valence-corrected chi connectivity index (χ0v) is 17.8. The van der Waals surface area contributed by atoms with Crippen LogP contribution in [0.15, 0.2) is 58.4 Å². The number of hydrogen-bond donors (Lipinski definition) is 1. The van der Waals surface area contributed by atoms with Gasteiger partial charge in [-0.15, -0.1) is 10.2 Å². The van der Waals surface area contributed by atoms with E-state index in [1.807, 2.05) is 41.8 Å². The molecule has 0 aliphatic rings. The number of rotatable bonds is 6. The molecule has 1 atom stereocenters. The summed E-state index contributed by atoms with van der Waals surface area (Å²) in [7, 11) is 0. The topological polar surface area (TPSA) is 59.8 Å². The van der Waals surface area contributed by atoms with E-state index in [-0.39, 0.29) is 17.7 Å². The first-order chi connectivity index (χ1) is 12.9. The molecule has 0 saturated carbocycles. The first-order valence-electron chi connectivity index (χ1n) is 8.59. The fourth-order valence-corrected chi connectivity index (χ4v) is 3.81. The Balaban J connectivity index is 1.63. The molecule has 1 aromatic heterocycles. The Morgan fingerprint density at radius 2 is 1.96 bits per heavy atom. The minimum atomic E-state index is -0.0524. The third-order valence-corrected chi connectivity index (χ3v) is 5.68. The van der Waals surface area contributed by atoms with E-state index in [1.165, 1.54) is 17.3 Å². The van der Waals surface area contributed by atoms with Crippen LogP contribution in [0.25, 0.3) is 5.69 Å². The summed E-state index contributed by atoms with van der Waals surface area (Å²) in [5, 5.41) is 11.9. The van der Waals surface area contributed by atoms with Gasteiger partial charge in [0.1, 0.15) is 6.33 Å². The Morgan fingerprint density at radius 3 is 2.67 bits per heavy atom. The van der Waals surface area contributed by atoms with E-state index < -0.39 is 0 Å². The van der Waals surface area contributed by atoms with E-state index in [0.717, 1.165) is 21.3 Å². The number of nitrogens with one attached hydrogen (secondary N) is 1. The van der Waals surface area contributed by atoms with Crippen LogP contribution >= 0.6 is 27.7 Å². The lowest BCUT2D eigenvalue weighted by Crippen LogP contribution is -2.28. The van der Waals surface area contributed by atoms with Gasteiger partial charge in [-0.05, 0) is 50.1 Å². The molecule has 0 fully saturated rings. The first-order valence-corrected chi connectivity index (χ1v) is 10.4. The number of halogens is 1. The van der Waals surface area contributed by atoms with Crippen molar-refractivity contribution in [2.75, 3.05) is 5.75 Å². The lowest BCUT2D eigenvalue weighted by Gasteiger charge is -2.14. The monoisotopic (exact) mass is 444 g/mol. The molecule has 1 heterocycles. The average molecular weight is 445 g/mol. The maximum atomic E-state index is 12.3. The molecule has 0 radical (unpaired) electrons. The highest BCUT2D eigenvalue weighted by Crippen LogP contribution is 2.23. The zero-order chi connectivity index (χ0) is 19.4. The van der Waals surface area contributed by atoms with Gasteiger partial charge in [-0.3, -0.25) is 9.36 Å². The molecule has 3 aromatic rings. The van der Waals surface area contributed by atoms with Gasteiger partial charge in [0, 0.05) is 4.47 Å². The van der Waals surface area contributed by atoms with E-state index in [1.54, 1.807) is 6.33 Å². The van der Waals surface area contributed by atoms with Gasteiger partial charge in [-0.25, -0.2) is 0 Å². The highest BCUT2D eigenvalue weighted by atomic mass is 79.9. The van der Waals surface area contributed by atoms with Crippen LogP contribution in [-0.2, 0) is 4.79 Å². The number of amides is 1. The smallest absolute Gasteiger partial charge is 0.230 e. The van der Waals surface area contributed by atoms with E-state index in [0.29, 0.717) is 5.16 Å². The van der Waals surface area contributed by atoms with Crippen LogP contribution in [0.2, 0.25) is 0 Å². The molecule has 0 bridgehead atoms. The zero-order valence-electron chi connectivity index (χ0n) is 15.4. The van der Waals surface area contributed by atoms with Crippen molar-refractivity contribution in [1.82, 2.24) is 20.1 Å². The summed E-state index contributed by atoms with van der Waals surface area (Å²) in [6.45, 7) is 6.10. The van der Waals surface area contributed by atoms with Gasteiger partial charge in [0.15, 0.2) is 5.16 Å². The molecule has 0 saturated heterocycles. The second-order valence-electron chi connectivity index (χ2n) is 6.40. The van der Waals surface area contributed by atoms with Gasteiger partial charge in [0.25, 0.3) is 0 Å². The SMILES string of the molecule is Cc1ccc(-n2cnnc2SCC(=O)NC(C)c2ccc(Br)cc2)c(C)c1. The van der Waals surface area contributed by atoms with Crippen molar-refractivity contribution in [3.63, 3.8) is 0 Å². The maximum absolute atomic E-state index is 12.3. The Kier molecular flexibility index (Phi) is 6.34. The van der Waals surface area contributed by atoms with E-state index in [9.17, 15) is 4.79 Å². The fourth-order valence-electron chi connectivity index (χ4n) is 2.81. The molecule has 0 aliphatic carbocycles. The largest absolute Gasteiger partial charge is 0.349 e. The number of hydrogen-bond acceptors (Lipinski definition) is 4. The van der Waals surface area contributed by atoms with Crippen molar-refractivity contribution >= 4 is 33.6 Å². The van der Waals surface area contributed by atoms with Crippen LogP contribution in [0.4, 0.5) is 0 Å². The van der Waals surface area contributed by atoms with Gasteiger partial charge in [-0.2, -0.15) is 0 Å². The Hall–Kier alpha value is -2.12. The number of carbonyl (C=O) groups is 1. The first kappa shape index (κ1) is 19.6. The number of aromatic nitrogens is 3. The van der Waals surface area contributed by atoms with Crippen molar-refractivity contribution in [3.8, 4) is 5.69 Å². The predicted octanol–water partition coefficient (Wildman–Crippen LogP) is 4.62. The van der Waals surface area contributed by atoms with E-state index in [4.69, 9.17) is 0 Å². The second kappa shape index (κ2) is 8.71. The van der Waals surface area contributed by atoms with Crippen LogP contribution in [0.3, 0.4) is 0 Å². The number of thioether (sulfide) groups is 1. The lowest BCUT2D eigenvalue weighted by atomic mass is 10.1. The minimum Gasteiger partial charge on any atom is -0.349 e. The number of nitrogens with zero attached hydrogens (tertiary/aromatic N) is 3. The van der Waals surface area contributed by atoms with Gasteiger partial charge in [0.2, 0.25) is 5.91 Å². The molecule has 1 N–H and O–H groups in total. The van der Waals surface area contributed by atoms with Crippen LogP contribution in [0.1, 0.15) is 29.7 Å². The normalized spacial score (nSPS) is 12.0. The molecule has 1 amide bonds. The number of benzene rings is 2. The Labute approximate surface area is 171 Å². The summed E-state index contributed by atoms with van der Waals surface area (Å²) < 4.78 is 2.94. The third-order valence-electron chi connectivity index (χ3n) is 4.21. The van der Waals surface area contributed by atoms with Gasteiger partial charge in [0.05, 0.1) is 17.5 Å². The summed E-state index contributed by atoms with van der Waals surface area (Å²) in [4.78, 5) is 12.3. The van der Waals surface area contributed by atoms with Crippen LogP contribution in [-0.4, -0.2) is 26.4 Å². The van der Waals surface area contributed by atoms with E-state index >= 15 is 0 Å². The van der Waals surface area contributed by atoms with Gasteiger partial charge >= 0.3 is 0 Å². The molecule has 140 valence electrons. The molecule has 2 aromatic carbocycles. The molecular formula is C20H21BrN4OS. The van der Waals surface area contributed by atoms with Crippen molar-refractivity contribution < 1.29 is 4.79 Å². The van der Waals surface area contributed by atoms with Crippen LogP contribution in [0, 0.1) is 13.8 Å². The van der Waals surface area contributed by atoms with Crippen molar-refractivity contribution in [2.45, 2.75) is 32.0 Å². The minimum absolute atomic E-state index is 0.0365. The Bertz CT molecular complexity index is 939. The molecule has 3 rings (SSSR count). The van der Waals surface area contributed by atoms with E-state index in [2.05, 4.69) is 57.4 Å². The highest BCUT2D eigenvalue weighted by molar-refractivity contribution is 9.10. The lowest BCUT2D eigenvalue weighted by molar-refractivity contribution is -0.119. The molecule has 7 heteroatoms. The summed E-state index contributed by atoms with van der Waals surface area (Å²) in [5.74, 6) is 0.246. The third kappa shape index (κ3) is 4.99. The summed E-state index contributed by atoms with van der Waals surface area (Å²) in [5.41, 5.74) is 4.44. The van der Waals surface area contributed by atoms with Crippen LogP contribution < -0.4 is 5.32 Å².